The van der Waals surface area contributed by atoms with Gasteiger partial charge in [-0.3, -0.25) is 14.4 Å². The fourth-order valence-corrected chi connectivity index (χ4v) is 3.10. The van der Waals surface area contributed by atoms with Gasteiger partial charge in [0.1, 0.15) is 17.8 Å². The Labute approximate surface area is 207 Å². The number of hydrogen-bond donors (Lipinski definition) is 6. The Morgan fingerprint density at radius 2 is 1.72 bits per heavy atom. The summed E-state index contributed by atoms with van der Waals surface area (Å²) in [5.41, 5.74) is 5.41. The number of aromatic hydroxyl groups is 1. The first-order valence-corrected chi connectivity index (χ1v) is 10.6. The number of amides is 3. The van der Waals surface area contributed by atoms with Gasteiger partial charge in [0, 0.05) is 18.7 Å². The minimum atomic E-state index is -4.80. The van der Waals surface area contributed by atoms with E-state index in [4.69, 9.17) is 17.3 Å². The molecular formula is C22H22ClF3N4O6. The second kappa shape index (κ2) is 12.2. The fourth-order valence-electron chi connectivity index (χ4n) is 2.83. The van der Waals surface area contributed by atoms with Gasteiger partial charge in [-0.25, -0.2) is 4.79 Å². The summed E-state index contributed by atoms with van der Waals surface area (Å²) in [6.07, 6.45) is -5.92. The number of hydrogen-bond acceptors (Lipinski definition) is 6. The molecule has 0 saturated carbocycles. The van der Waals surface area contributed by atoms with E-state index in [0.717, 1.165) is 0 Å². The zero-order valence-corrected chi connectivity index (χ0v) is 19.2. The smallest absolute Gasteiger partial charge is 0.404 e. The standard InChI is InChI=1S/C22H22ClF3N4O6/c23-15-7-12(19(33)29-9-11-2-1-3-13(31)6-11)4-5-14(15)20(34)30-16(21(35)36)10-28-18(32)8-17(27)22(24,25)26/h1-7,16-17,31H,8-10,27H2,(H,28,32)(H,29,33)(H,30,34)(H,35,36)/t16-,17?/m0/s1. The maximum absolute atomic E-state index is 12.5. The number of nitrogens with two attached hydrogens (primary N) is 1. The Hall–Kier alpha value is -3.84. The van der Waals surface area contributed by atoms with Crippen molar-refractivity contribution in [3.63, 3.8) is 0 Å². The SMILES string of the molecule is NC(CC(=O)NC[C@H](NC(=O)c1ccc(C(=O)NCc2cccc(O)c2)cc1Cl)C(=O)O)C(F)(F)F. The number of alkyl halides is 3. The second-order valence-electron chi connectivity index (χ2n) is 7.57. The largest absolute Gasteiger partial charge is 0.508 e. The van der Waals surface area contributed by atoms with Gasteiger partial charge >= 0.3 is 12.1 Å². The summed E-state index contributed by atoms with van der Waals surface area (Å²) in [7, 11) is 0. The Morgan fingerprint density at radius 3 is 2.31 bits per heavy atom. The van der Waals surface area contributed by atoms with Crippen LogP contribution in [0.3, 0.4) is 0 Å². The highest BCUT2D eigenvalue weighted by atomic mass is 35.5. The molecule has 0 aromatic heterocycles. The predicted octanol–water partition coefficient (Wildman–Crippen LogP) is 1.55. The van der Waals surface area contributed by atoms with E-state index in [2.05, 4.69) is 10.6 Å². The molecule has 0 radical (unpaired) electrons. The van der Waals surface area contributed by atoms with Crippen LogP contribution in [0.2, 0.25) is 5.02 Å². The summed E-state index contributed by atoms with van der Waals surface area (Å²) < 4.78 is 37.3. The molecule has 0 spiro atoms. The molecular weight excluding hydrogens is 509 g/mol. The van der Waals surface area contributed by atoms with Crippen LogP contribution in [-0.4, -0.2) is 58.7 Å². The molecule has 2 atom stereocenters. The van der Waals surface area contributed by atoms with Gasteiger partial charge in [-0.2, -0.15) is 13.2 Å². The van der Waals surface area contributed by atoms with Gasteiger partial charge < -0.3 is 31.9 Å². The van der Waals surface area contributed by atoms with Gasteiger partial charge in [-0.15, -0.1) is 0 Å². The number of benzene rings is 2. The van der Waals surface area contributed by atoms with Crippen LogP contribution in [-0.2, 0) is 16.1 Å². The first-order valence-electron chi connectivity index (χ1n) is 10.3. The molecule has 2 aromatic carbocycles. The van der Waals surface area contributed by atoms with Gasteiger partial charge in [0.05, 0.1) is 17.0 Å². The lowest BCUT2D eigenvalue weighted by molar-refractivity contribution is -0.154. The summed E-state index contributed by atoms with van der Waals surface area (Å²) in [4.78, 5) is 47.9. The zero-order valence-electron chi connectivity index (χ0n) is 18.4. The van der Waals surface area contributed by atoms with E-state index in [1.165, 1.54) is 30.3 Å². The maximum atomic E-state index is 12.5. The fraction of sp³-hybridized carbons (Fsp3) is 0.273. The van der Waals surface area contributed by atoms with Crippen LogP contribution in [0, 0.1) is 0 Å². The molecule has 0 aliphatic carbocycles. The Balaban J connectivity index is 1.98. The monoisotopic (exact) mass is 530 g/mol. The first-order chi connectivity index (χ1) is 16.8. The van der Waals surface area contributed by atoms with Gasteiger partial charge in [-0.05, 0) is 35.9 Å². The van der Waals surface area contributed by atoms with Crippen molar-refractivity contribution in [1.29, 1.82) is 0 Å². The van der Waals surface area contributed by atoms with Crippen molar-refractivity contribution >= 4 is 35.3 Å². The van der Waals surface area contributed by atoms with Crippen molar-refractivity contribution in [2.24, 2.45) is 5.73 Å². The van der Waals surface area contributed by atoms with Crippen molar-refractivity contribution in [3.05, 3.63) is 64.2 Å². The third kappa shape index (κ3) is 8.43. The van der Waals surface area contributed by atoms with Gasteiger partial charge in [0.15, 0.2) is 0 Å². The maximum Gasteiger partial charge on any atom is 0.404 e. The third-order valence-electron chi connectivity index (χ3n) is 4.77. The van der Waals surface area contributed by atoms with Crippen molar-refractivity contribution < 1.29 is 42.6 Å². The molecule has 10 nitrogen and oxygen atoms in total. The highest BCUT2D eigenvalue weighted by Gasteiger charge is 2.38. The summed E-state index contributed by atoms with van der Waals surface area (Å²) in [6, 6.07) is 5.75. The van der Waals surface area contributed by atoms with Crippen LogP contribution < -0.4 is 21.7 Å². The number of nitrogens with one attached hydrogen (secondary N) is 3. The van der Waals surface area contributed by atoms with E-state index in [1.54, 1.807) is 12.1 Å². The van der Waals surface area contributed by atoms with Crippen molar-refractivity contribution in [1.82, 2.24) is 16.0 Å². The average molecular weight is 531 g/mol. The molecule has 0 bridgehead atoms. The number of aliphatic carboxylic acids is 1. The highest BCUT2D eigenvalue weighted by Crippen LogP contribution is 2.21. The third-order valence-corrected chi connectivity index (χ3v) is 5.08. The van der Waals surface area contributed by atoms with Crippen molar-refractivity contribution in [2.45, 2.75) is 31.2 Å². The number of phenols is 1. The van der Waals surface area contributed by atoms with E-state index in [0.29, 0.717) is 5.56 Å². The molecule has 0 fully saturated rings. The van der Waals surface area contributed by atoms with E-state index in [-0.39, 0.29) is 28.4 Å². The van der Waals surface area contributed by atoms with Crippen LogP contribution in [0.1, 0.15) is 32.7 Å². The highest BCUT2D eigenvalue weighted by molar-refractivity contribution is 6.34. The summed E-state index contributed by atoms with van der Waals surface area (Å²) >= 11 is 6.09. The van der Waals surface area contributed by atoms with Crippen molar-refractivity contribution in [3.8, 4) is 5.75 Å². The molecule has 1 unspecified atom stereocenters. The molecule has 3 amide bonds. The average Bonchev–Trinajstić information content (AvgIpc) is 2.79. The lowest BCUT2D eigenvalue weighted by Crippen LogP contribution is -2.49. The van der Waals surface area contributed by atoms with Crippen LogP contribution in [0.5, 0.6) is 5.75 Å². The Morgan fingerprint density at radius 1 is 1.03 bits per heavy atom. The van der Waals surface area contributed by atoms with Crippen LogP contribution in [0.25, 0.3) is 0 Å². The van der Waals surface area contributed by atoms with Gasteiger partial charge in [0.25, 0.3) is 11.8 Å². The number of carbonyl (C=O) groups excluding carboxylic acids is 3. The molecule has 36 heavy (non-hydrogen) atoms. The van der Waals surface area contributed by atoms with Crippen LogP contribution in [0.15, 0.2) is 42.5 Å². The molecule has 2 aromatic rings. The quantitative estimate of drug-likeness (QED) is 0.270. The second-order valence-corrected chi connectivity index (χ2v) is 7.97. The topological polar surface area (TPSA) is 171 Å². The molecule has 7 N–H and O–H groups in total. The summed E-state index contributed by atoms with van der Waals surface area (Å²) in [5.74, 6) is -4.18. The van der Waals surface area contributed by atoms with Gasteiger partial charge in [0.2, 0.25) is 5.91 Å². The number of carboxylic acids is 1. The van der Waals surface area contributed by atoms with Gasteiger partial charge in [-0.1, -0.05) is 23.7 Å². The van der Waals surface area contributed by atoms with E-state index in [9.17, 15) is 42.6 Å². The van der Waals surface area contributed by atoms with Crippen LogP contribution in [0.4, 0.5) is 13.2 Å². The normalized spacial score (nSPS) is 12.8. The zero-order chi connectivity index (χ0) is 27.0. The summed E-state index contributed by atoms with van der Waals surface area (Å²) in [5, 5.41) is 25.2. The number of carbonyl (C=O) groups is 4. The minimum Gasteiger partial charge on any atom is -0.508 e. The summed E-state index contributed by atoms with van der Waals surface area (Å²) in [6.45, 7) is -0.607. The Bertz CT molecular complexity index is 1150. The molecule has 2 rings (SSSR count). The first kappa shape index (κ1) is 28.4. The molecule has 0 saturated heterocycles. The lowest BCUT2D eigenvalue weighted by Gasteiger charge is -2.18. The molecule has 194 valence electrons. The van der Waals surface area contributed by atoms with Crippen molar-refractivity contribution in [2.75, 3.05) is 6.54 Å². The number of phenolic OH excluding ortho intramolecular Hbond substituents is 1. The minimum absolute atomic E-state index is 0.0317. The lowest BCUT2D eigenvalue weighted by atomic mass is 10.1. The number of carboxylic acid groups (broad SMARTS) is 1. The predicted molar refractivity (Wildman–Crippen MR) is 121 cm³/mol. The number of rotatable bonds is 10. The molecule has 0 heterocycles. The Kier molecular flexibility index (Phi) is 9.64. The molecule has 14 heteroatoms. The van der Waals surface area contributed by atoms with E-state index in [1.807, 2.05) is 5.32 Å². The number of halogens is 4. The van der Waals surface area contributed by atoms with E-state index < -0.39 is 54.9 Å². The van der Waals surface area contributed by atoms with E-state index >= 15 is 0 Å². The molecule has 0 aliphatic heterocycles. The molecule has 0 aliphatic rings. The van der Waals surface area contributed by atoms with Crippen LogP contribution >= 0.6 is 11.6 Å².